The molecule has 0 saturated heterocycles. The van der Waals surface area contributed by atoms with Gasteiger partial charge in [0.25, 0.3) is 5.56 Å². The van der Waals surface area contributed by atoms with Crippen LogP contribution in [0.3, 0.4) is 0 Å². The quantitative estimate of drug-likeness (QED) is 0.679. The Morgan fingerprint density at radius 1 is 1.26 bits per heavy atom. The standard InChI is InChI=1S/C14H9BrClNO2/c1-19-10-6-9(16)13-11(12(10)15)7-4-2-3-5-8(7)14(18)17-13/h2-6H,1H3,(H,17,18). The summed E-state index contributed by atoms with van der Waals surface area (Å²) in [5.41, 5.74) is 0.458. The molecule has 2 aromatic carbocycles. The number of hydrogen-bond donors (Lipinski definition) is 1. The average molecular weight is 339 g/mol. The molecule has 1 aromatic heterocycles. The molecule has 0 saturated carbocycles. The van der Waals surface area contributed by atoms with E-state index in [-0.39, 0.29) is 5.56 Å². The fourth-order valence-corrected chi connectivity index (χ4v) is 3.14. The smallest absolute Gasteiger partial charge is 0.256 e. The first kappa shape index (κ1) is 12.5. The molecule has 3 aromatic rings. The van der Waals surface area contributed by atoms with Crippen molar-refractivity contribution in [2.75, 3.05) is 7.11 Å². The van der Waals surface area contributed by atoms with E-state index in [2.05, 4.69) is 20.9 Å². The third-order valence-corrected chi connectivity index (χ3v) is 4.17. The highest BCUT2D eigenvalue weighted by Crippen LogP contribution is 2.39. The molecular formula is C14H9BrClNO2. The molecule has 0 aliphatic carbocycles. The Bertz CT molecular complexity index is 857. The molecule has 0 radical (unpaired) electrons. The van der Waals surface area contributed by atoms with Crippen molar-refractivity contribution >= 4 is 49.2 Å². The summed E-state index contributed by atoms with van der Waals surface area (Å²) in [6.07, 6.45) is 0. The van der Waals surface area contributed by atoms with Crippen LogP contribution in [0, 0.1) is 0 Å². The highest BCUT2D eigenvalue weighted by atomic mass is 79.9. The van der Waals surface area contributed by atoms with Gasteiger partial charge in [-0.1, -0.05) is 29.8 Å². The lowest BCUT2D eigenvalue weighted by atomic mass is 10.1. The van der Waals surface area contributed by atoms with E-state index in [1.807, 2.05) is 18.2 Å². The van der Waals surface area contributed by atoms with Crippen LogP contribution in [0.25, 0.3) is 21.7 Å². The molecule has 3 nitrogen and oxygen atoms in total. The monoisotopic (exact) mass is 337 g/mol. The van der Waals surface area contributed by atoms with Crippen LogP contribution < -0.4 is 10.3 Å². The number of pyridine rings is 1. The third-order valence-electron chi connectivity index (χ3n) is 3.08. The van der Waals surface area contributed by atoms with E-state index in [0.717, 1.165) is 15.2 Å². The van der Waals surface area contributed by atoms with Crippen LogP contribution in [-0.2, 0) is 0 Å². The molecule has 3 rings (SSSR count). The maximum absolute atomic E-state index is 12.0. The minimum Gasteiger partial charge on any atom is -0.495 e. The van der Waals surface area contributed by atoms with Gasteiger partial charge in [-0.05, 0) is 27.4 Å². The predicted molar refractivity (Wildman–Crippen MR) is 81.3 cm³/mol. The lowest BCUT2D eigenvalue weighted by Crippen LogP contribution is -2.07. The van der Waals surface area contributed by atoms with E-state index in [4.69, 9.17) is 16.3 Å². The van der Waals surface area contributed by atoms with Crippen molar-refractivity contribution in [1.82, 2.24) is 4.98 Å². The first-order valence-corrected chi connectivity index (χ1v) is 6.77. The predicted octanol–water partition coefficient (Wildman–Crippen LogP) is 4.11. The van der Waals surface area contributed by atoms with E-state index in [0.29, 0.717) is 21.7 Å². The molecule has 0 spiro atoms. The maximum atomic E-state index is 12.0. The van der Waals surface area contributed by atoms with E-state index in [9.17, 15) is 4.79 Å². The van der Waals surface area contributed by atoms with Gasteiger partial charge in [0.1, 0.15) is 5.75 Å². The first-order valence-electron chi connectivity index (χ1n) is 5.60. The van der Waals surface area contributed by atoms with Gasteiger partial charge in [-0.3, -0.25) is 4.79 Å². The Kier molecular flexibility index (Phi) is 2.99. The zero-order valence-corrected chi connectivity index (χ0v) is 12.3. The zero-order valence-electron chi connectivity index (χ0n) is 9.96. The maximum Gasteiger partial charge on any atom is 0.256 e. The molecule has 0 amide bonds. The molecule has 0 bridgehead atoms. The molecule has 0 fully saturated rings. The van der Waals surface area contributed by atoms with Gasteiger partial charge in [-0.25, -0.2) is 0 Å². The number of ether oxygens (including phenoxy) is 1. The van der Waals surface area contributed by atoms with Crippen LogP contribution in [0.4, 0.5) is 0 Å². The summed E-state index contributed by atoms with van der Waals surface area (Å²) in [4.78, 5) is 14.9. The number of fused-ring (bicyclic) bond motifs is 3. The second-order valence-corrected chi connectivity index (χ2v) is 5.32. The van der Waals surface area contributed by atoms with Crippen molar-refractivity contribution in [3.8, 4) is 5.75 Å². The van der Waals surface area contributed by atoms with Gasteiger partial charge in [-0.2, -0.15) is 0 Å². The molecule has 0 atom stereocenters. The Labute approximate surface area is 122 Å². The van der Waals surface area contributed by atoms with Crippen LogP contribution in [0.2, 0.25) is 5.02 Å². The van der Waals surface area contributed by atoms with Crippen molar-refractivity contribution in [2.45, 2.75) is 0 Å². The number of aromatic amines is 1. The second kappa shape index (κ2) is 4.54. The van der Waals surface area contributed by atoms with Gasteiger partial charge in [0.2, 0.25) is 0 Å². The molecule has 1 N–H and O–H groups in total. The summed E-state index contributed by atoms with van der Waals surface area (Å²) in [5, 5.41) is 2.77. The number of methoxy groups -OCH3 is 1. The largest absolute Gasteiger partial charge is 0.495 e. The van der Waals surface area contributed by atoms with Crippen LogP contribution in [0.1, 0.15) is 0 Å². The Morgan fingerprint density at radius 2 is 1.95 bits per heavy atom. The van der Waals surface area contributed by atoms with Crippen molar-refractivity contribution in [3.05, 3.63) is 50.2 Å². The summed E-state index contributed by atoms with van der Waals surface area (Å²) in [5.74, 6) is 0.634. The SMILES string of the molecule is COc1cc(Cl)c2[nH]c(=O)c3ccccc3c2c1Br. The van der Waals surface area contributed by atoms with Crippen molar-refractivity contribution < 1.29 is 4.74 Å². The van der Waals surface area contributed by atoms with Crippen molar-refractivity contribution in [2.24, 2.45) is 0 Å². The van der Waals surface area contributed by atoms with Crippen LogP contribution in [0.5, 0.6) is 5.75 Å². The fourth-order valence-electron chi connectivity index (χ4n) is 2.21. The number of halogens is 2. The van der Waals surface area contributed by atoms with E-state index in [1.165, 1.54) is 0 Å². The minimum atomic E-state index is -0.151. The van der Waals surface area contributed by atoms with Crippen LogP contribution in [0.15, 0.2) is 39.6 Å². The van der Waals surface area contributed by atoms with Gasteiger partial charge in [0.05, 0.1) is 22.1 Å². The molecule has 0 aliphatic rings. The summed E-state index contributed by atoms with van der Waals surface area (Å²) in [7, 11) is 1.58. The molecule has 96 valence electrons. The number of rotatable bonds is 1. The van der Waals surface area contributed by atoms with E-state index in [1.54, 1.807) is 19.2 Å². The van der Waals surface area contributed by atoms with Crippen molar-refractivity contribution in [3.63, 3.8) is 0 Å². The Hall–Kier alpha value is -1.52. The molecule has 0 unspecified atom stereocenters. The van der Waals surface area contributed by atoms with Crippen LogP contribution >= 0.6 is 27.5 Å². The van der Waals surface area contributed by atoms with Gasteiger partial charge in [0.15, 0.2) is 0 Å². The lowest BCUT2D eigenvalue weighted by Gasteiger charge is -2.11. The fraction of sp³-hybridized carbons (Fsp3) is 0.0714. The van der Waals surface area contributed by atoms with Crippen LogP contribution in [-0.4, -0.2) is 12.1 Å². The lowest BCUT2D eigenvalue weighted by molar-refractivity contribution is 0.413. The summed E-state index contributed by atoms with van der Waals surface area (Å²) >= 11 is 9.73. The number of H-pyrrole nitrogens is 1. The van der Waals surface area contributed by atoms with E-state index < -0.39 is 0 Å². The highest BCUT2D eigenvalue weighted by Gasteiger charge is 2.14. The normalized spacial score (nSPS) is 11.1. The zero-order chi connectivity index (χ0) is 13.6. The van der Waals surface area contributed by atoms with Gasteiger partial charge in [0, 0.05) is 16.8 Å². The molecule has 1 heterocycles. The first-order chi connectivity index (χ1) is 9.13. The third kappa shape index (κ3) is 1.83. The summed E-state index contributed by atoms with van der Waals surface area (Å²) < 4.78 is 6.07. The molecule has 19 heavy (non-hydrogen) atoms. The number of nitrogens with one attached hydrogen (secondary N) is 1. The number of benzene rings is 2. The van der Waals surface area contributed by atoms with Gasteiger partial charge in [-0.15, -0.1) is 0 Å². The Balaban J connectivity index is 2.67. The van der Waals surface area contributed by atoms with E-state index >= 15 is 0 Å². The summed E-state index contributed by atoms with van der Waals surface area (Å²) in [6, 6.07) is 9.08. The molecule has 5 heteroatoms. The highest BCUT2D eigenvalue weighted by molar-refractivity contribution is 9.10. The number of aromatic nitrogens is 1. The molecular weight excluding hydrogens is 330 g/mol. The van der Waals surface area contributed by atoms with Gasteiger partial charge >= 0.3 is 0 Å². The van der Waals surface area contributed by atoms with Gasteiger partial charge < -0.3 is 9.72 Å². The summed E-state index contributed by atoms with van der Waals surface area (Å²) in [6.45, 7) is 0. The second-order valence-electron chi connectivity index (χ2n) is 4.12. The molecule has 0 aliphatic heterocycles. The van der Waals surface area contributed by atoms with Crippen molar-refractivity contribution in [1.29, 1.82) is 0 Å². The Morgan fingerprint density at radius 3 is 2.63 bits per heavy atom. The average Bonchev–Trinajstić information content (AvgIpc) is 2.43. The number of hydrogen-bond acceptors (Lipinski definition) is 2. The minimum absolute atomic E-state index is 0.151. The topological polar surface area (TPSA) is 42.1 Å².